The Labute approximate surface area is 144 Å². The van der Waals surface area contributed by atoms with Crippen LogP contribution in [0, 0.1) is 0 Å². The average molecular weight is 362 g/mol. The van der Waals surface area contributed by atoms with E-state index in [0.717, 1.165) is 10.9 Å². The minimum Gasteiger partial charge on any atom is -0.354 e. The van der Waals surface area contributed by atoms with Gasteiger partial charge in [0.25, 0.3) is 0 Å². The van der Waals surface area contributed by atoms with Gasteiger partial charge in [-0.05, 0) is 34.9 Å². The van der Waals surface area contributed by atoms with Gasteiger partial charge in [-0.3, -0.25) is 0 Å². The Morgan fingerprint density at radius 2 is 1.43 bits per heavy atom. The second-order valence-electron chi connectivity index (χ2n) is 5.69. The van der Waals surface area contributed by atoms with Crippen LogP contribution in [0.15, 0.2) is 83.3 Å². The van der Waals surface area contributed by atoms with Crippen molar-refractivity contribution in [1.29, 1.82) is 0 Å². The molecule has 0 saturated heterocycles. The van der Waals surface area contributed by atoms with Gasteiger partial charge in [0, 0.05) is 21.8 Å². The van der Waals surface area contributed by atoms with Crippen LogP contribution in [-0.2, 0) is 6.42 Å². The molecule has 0 aliphatic carbocycles. The summed E-state index contributed by atoms with van der Waals surface area (Å²) in [5.74, 6) is 0. The van der Waals surface area contributed by atoms with Gasteiger partial charge in [0.15, 0.2) is 0 Å². The largest absolute Gasteiger partial charge is 0.354 e. The lowest BCUT2D eigenvalue weighted by Crippen LogP contribution is -1.90. The Kier molecular flexibility index (Phi) is 3.76. The Hall–Kier alpha value is -2.32. The summed E-state index contributed by atoms with van der Waals surface area (Å²) in [7, 11) is 0. The number of hydrogen-bond acceptors (Lipinski definition) is 0. The van der Waals surface area contributed by atoms with Crippen molar-refractivity contribution in [2.24, 2.45) is 0 Å². The molecule has 4 rings (SSSR count). The smallest absolute Gasteiger partial charge is 0.0500 e. The van der Waals surface area contributed by atoms with Crippen LogP contribution in [0.1, 0.15) is 11.1 Å². The van der Waals surface area contributed by atoms with Crippen LogP contribution in [0.3, 0.4) is 0 Å². The fourth-order valence-corrected chi connectivity index (χ4v) is 3.31. The lowest BCUT2D eigenvalue weighted by atomic mass is 9.98. The van der Waals surface area contributed by atoms with Crippen molar-refractivity contribution in [2.45, 2.75) is 6.42 Å². The summed E-state index contributed by atoms with van der Waals surface area (Å²) in [6.45, 7) is 0. The van der Waals surface area contributed by atoms with Crippen LogP contribution in [0.25, 0.3) is 22.2 Å². The van der Waals surface area contributed by atoms with E-state index in [2.05, 4.69) is 99.8 Å². The maximum absolute atomic E-state index is 3.60. The second-order valence-corrected chi connectivity index (χ2v) is 6.61. The highest BCUT2D eigenvalue weighted by molar-refractivity contribution is 9.10. The maximum Gasteiger partial charge on any atom is 0.0500 e. The molecule has 112 valence electrons. The summed E-state index contributed by atoms with van der Waals surface area (Å²) in [5, 5.41) is 1.30. The van der Waals surface area contributed by atoms with Crippen molar-refractivity contribution in [1.82, 2.24) is 4.98 Å². The second kappa shape index (κ2) is 6.05. The number of aromatic amines is 1. The summed E-state index contributed by atoms with van der Waals surface area (Å²) in [5.41, 5.74) is 6.31. The molecule has 4 aromatic rings. The van der Waals surface area contributed by atoms with E-state index in [9.17, 15) is 0 Å². The number of halogens is 1. The van der Waals surface area contributed by atoms with Crippen LogP contribution in [-0.4, -0.2) is 4.98 Å². The molecule has 0 amide bonds. The highest BCUT2D eigenvalue weighted by Crippen LogP contribution is 2.32. The minimum atomic E-state index is 0.918. The first kappa shape index (κ1) is 14.3. The predicted molar refractivity (Wildman–Crippen MR) is 101 cm³/mol. The predicted octanol–water partition coefficient (Wildman–Crippen LogP) is 6.19. The van der Waals surface area contributed by atoms with Crippen LogP contribution in [0.2, 0.25) is 0 Å². The van der Waals surface area contributed by atoms with Gasteiger partial charge in [0.05, 0.1) is 5.69 Å². The van der Waals surface area contributed by atoms with Gasteiger partial charge in [-0.2, -0.15) is 0 Å². The van der Waals surface area contributed by atoms with Gasteiger partial charge < -0.3 is 4.98 Å². The molecule has 3 aromatic carbocycles. The van der Waals surface area contributed by atoms with Gasteiger partial charge in [0.1, 0.15) is 0 Å². The first-order valence-corrected chi connectivity index (χ1v) is 8.50. The number of benzene rings is 3. The van der Waals surface area contributed by atoms with Crippen molar-refractivity contribution >= 4 is 26.8 Å². The fourth-order valence-electron chi connectivity index (χ4n) is 3.04. The molecule has 0 radical (unpaired) electrons. The number of para-hydroxylation sites is 1. The van der Waals surface area contributed by atoms with Crippen molar-refractivity contribution in [3.8, 4) is 11.3 Å². The Morgan fingerprint density at radius 1 is 0.739 bits per heavy atom. The number of aromatic nitrogens is 1. The molecule has 0 fully saturated rings. The topological polar surface area (TPSA) is 15.8 Å². The van der Waals surface area contributed by atoms with E-state index in [0.29, 0.717) is 0 Å². The van der Waals surface area contributed by atoms with E-state index in [-0.39, 0.29) is 0 Å². The monoisotopic (exact) mass is 361 g/mol. The average Bonchev–Trinajstić information content (AvgIpc) is 2.96. The Morgan fingerprint density at radius 3 is 2.22 bits per heavy atom. The molecule has 0 unspecified atom stereocenters. The SMILES string of the molecule is Brc1ccc(Cc2c(-c3ccccc3)[nH]c3ccccc23)cc1. The third-order valence-corrected chi connectivity index (χ3v) is 4.70. The summed E-state index contributed by atoms with van der Waals surface area (Å²) in [6, 6.07) is 27.7. The zero-order valence-electron chi connectivity index (χ0n) is 12.6. The molecule has 0 atom stereocenters. The summed E-state index contributed by atoms with van der Waals surface area (Å²) >= 11 is 3.51. The minimum absolute atomic E-state index is 0.918. The van der Waals surface area contributed by atoms with Crippen LogP contribution in [0.5, 0.6) is 0 Å². The van der Waals surface area contributed by atoms with E-state index >= 15 is 0 Å². The lowest BCUT2D eigenvalue weighted by Gasteiger charge is -2.06. The highest BCUT2D eigenvalue weighted by atomic mass is 79.9. The number of rotatable bonds is 3. The third-order valence-electron chi connectivity index (χ3n) is 4.17. The molecule has 0 aliphatic rings. The van der Waals surface area contributed by atoms with Crippen LogP contribution < -0.4 is 0 Å². The molecule has 1 aromatic heterocycles. The van der Waals surface area contributed by atoms with Crippen LogP contribution >= 0.6 is 15.9 Å². The van der Waals surface area contributed by atoms with Gasteiger partial charge in [-0.15, -0.1) is 0 Å². The van der Waals surface area contributed by atoms with E-state index in [1.807, 2.05) is 0 Å². The van der Waals surface area contributed by atoms with E-state index in [4.69, 9.17) is 0 Å². The fraction of sp³-hybridized carbons (Fsp3) is 0.0476. The van der Waals surface area contributed by atoms with Crippen LogP contribution in [0.4, 0.5) is 0 Å². The number of H-pyrrole nitrogens is 1. The van der Waals surface area contributed by atoms with Crippen molar-refractivity contribution < 1.29 is 0 Å². The highest BCUT2D eigenvalue weighted by Gasteiger charge is 2.13. The molecule has 0 saturated carbocycles. The van der Waals surface area contributed by atoms with E-state index < -0.39 is 0 Å². The standard InChI is InChI=1S/C21H16BrN/c22-17-12-10-15(11-13-17)14-19-18-8-4-5-9-20(18)23-21(19)16-6-2-1-3-7-16/h1-13,23H,14H2. The Bertz CT molecular complexity index is 937. The zero-order chi connectivity index (χ0) is 15.6. The number of hydrogen-bond donors (Lipinski definition) is 1. The van der Waals surface area contributed by atoms with Gasteiger partial charge in [-0.25, -0.2) is 0 Å². The van der Waals surface area contributed by atoms with E-state index in [1.54, 1.807) is 0 Å². The van der Waals surface area contributed by atoms with Crippen molar-refractivity contribution in [2.75, 3.05) is 0 Å². The van der Waals surface area contributed by atoms with Gasteiger partial charge >= 0.3 is 0 Å². The molecule has 1 N–H and O–H groups in total. The summed E-state index contributed by atoms with van der Waals surface area (Å²) in [6.07, 6.45) is 0.918. The molecule has 2 heteroatoms. The molecule has 1 heterocycles. The van der Waals surface area contributed by atoms with Gasteiger partial charge in [0.2, 0.25) is 0 Å². The molecule has 0 spiro atoms. The first-order valence-electron chi connectivity index (χ1n) is 7.71. The quantitative estimate of drug-likeness (QED) is 0.447. The molecule has 23 heavy (non-hydrogen) atoms. The first-order chi connectivity index (χ1) is 11.3. The molecule has 0 bridgehead atoms. The molecule has 0 aliphatic heterocycles. The number of fused-ring (bicyclic) bond motifs is 1. The molecular weight excluding hydrogens is 346 g/mol. The maximum atomic E-state index is 3.60. The van der Waals surface area contributed by atoms with Crippen molar-refractivity contribution in [3.63, 3.8) is 0 Å². The third kappa shape index (κ3) is 2.82. The lowest BCUT2D eigenvalue weighted by molar-refractivity contribution is 1.21. The van der Waals surface area contributed by atoms with Gasteiger partial charge in [-0.1, -0.05) is 76.6 Å². The van der Waals surface area contributed by atoms with E-state index in [1.165, 1.54) is 33.3 Å². The molecule has 1 nitrogen and oxygen atoms in total. The molecular formula is C21H16BrN. The number of nitrogens with one attached hydrogen (secondary N) is 1. The summed E-state index contributed by atoms with van der Waals surface area (Å²) in [4.78, 5) is 3.60. The summed E-state index contributed by atoms with van der Waals surface area (Å²) < 4.78 is 1.11. The van der Waals surface area contributed by atoms with Crippen molar-refractivity contribution in [3.05, 3.63) is 94.5 Å². The normalized spacial score (nSPS) is 11.0. The Balaban J connectivity index is 1.87. The zero-order valence-corrected chi connectivity index (χ0v) is 14.2.